The Hall–Kier alpha value is -1.41. The lowest BCUT2D eigenvalue weighted by Gasteiger charge is -2.03. The van der Waals surface area contributed by atoms with E-state index < -0.39 is 0 Å². The molecule has 2 nitrogen and oxygen atoms in total. The second-order valence-corrected chi connectivity index (χ2v) is 4.22. The topological polar surface area (TPSA) is 26.3 Å². The molecule has 1 aromatic carbocycles. The van der Waals surface area contributed by atoms with Crippen LogP contribution < -0.4 is 0 Å². The molecule has 1 aromatic rings. The Balaban J connectivity index is 2.12. The number of allylic oxidation sites excluding steroid dienone is 1. The van der Waals surface area contributed by atoms with Gasteiger partial charge in [0, 0.05) is 5.92 Å². The van der Waals surface area contributed by atoms with Gasteiger partial charge >= 0.3 is 0 Å². The van der Waals surface area contributed by atoms with E-state index in [0.717, 1.165) is 6.42 Å². The summed E-state index contributed by atoms with van der Waals surface area (Å²) in [6, 6.07) is 10.1. The minimum Gasteiger partial charge on any atom is -0.373 e. The number of Topliss-reactive ketones (excluding diaryl/α,β-unsaturated/α-hetero) is 1. The van der Waals surface area contributed by atoms with E-state index in [2.05, 4.69) is 0 Å². The van der Waals surface area contributed by atoms with E-state index in [1.165, 1.54) is 5.56 Å². The van der Waals surface area contributed by atoms with Crippen LogP contribution in [0.5, 0.6) is 0 Å². The molecule has 0 bridgehead atoms. The van der Waals surface area contributed by atoms with Gasteiger partial charge in [0.05, 0.1) is 13.2 Å². The average Bonchev–Trinajstić information content (AvgIpc) is 2.34. The van der Waals surface area contributed by atoms with Crippen molar-refractivity contribution in [3.05, 3.63) is 48.0 Å². The highest BCUT2D eigenvalue weighted by Crippen LogP contribution is 2.04. The van der Waals surface area contributed by atoms with Crippen molar-refractivity contribution in [3.63, 3.8) is 0 Å². The predicted octanol–water partition coefficient (Wildman–Crippen LogP) is 3.37. The average molecular weight is 232 g/mol. The van der Waals surface area contributed by atoms with Crippen LogP contribution >= 0.6 is 0 Å². The van der Waals surface area contributed by atoms with Crippen LogP contribution in [-0.2, 0) is 16.1 Å². The number of benzene rings is 1. The van der Waals surface area contributed by atoms with Gasteiger partial charge in [0.2, 0.25) is 0 Å². The number of carbonyl (C=O) groups is 1. The maximum absolute atomic E-state index is 11.0. The Labute approximate surface area is 103 Å². The molecule has 0 saturated heterocycles. The zero-order valence-electron chi connectivity index (χ0n) is 10.6. The summed E-state index contributed by atoms with van der Waals surface area (Å²) in [5, 5.41) is 0. The van der Waals surface area contributed by atoms with E-state index >= 15 is 0 Å². The van der Waals surface area contributed by atoms with Gasteiger partial charge in [-0.25, -0.2) is 0 Å². The SMILES string of the molecule is CC(=O)C(C)CC=CCOCc1ccccc1. The number of rotatable bonds is 7. The molecular weight excluding hydrogens is 212 g/mol. The number of ketones is 1. The monoisotopic (exact) mass is 232 g/mol. The number of hydrogen-bond donors (Lipinski definition) is 0. The Bertz CT molecular complexity index is 354. The number of carbonyl (C=O) groups excluding carboxylic acids is 1. The third kappa shape index (κ3) is 6.03. The van der Waals surface area contributed by atoms with Gasteiger partial charge in [-0.2, -0.15) is 0 Å². The maximum atomic E-state index is 11.0. The summed E-state index contributed by atoms with van der Waals surface area (Å²) in [5.41, 5.74) is 1.18. The third-order valence-corrected chi connectivity index (χ3v) is 2.68. The van der Waals surface area contributed by atoms with Crippen LogP contribution in [0.1, 0.15) is 25.8 Å². The lowest BCUT2D eigenvalue weighted by atomic mass is 10.0. The molecule has 0 radical (unpaired) electrons. The normalized spacial score (nSPS) is 12.8. The van der Waals surface area contributed by atoms with Gasteiger partial charge in [0.15, 0.2) is 0 Å². The number of hydrogen-bond acceptors (Lipinski definition) is 2. The van der Waals surface area contributed by atoms with Crippen molar-refractivity contribution in [1.29, 1.82) is 0 Å². The van der Waals surface area contributed by atoms with Crippen molar-refractivity contribution in [2.24, 2.45) is 5.92 Å². The van der Waals surface area contributed by atoms with Gasteiger partial charge in [-0.1, -0.05) is 49.4 Å². The summed E-state index contributed by atoms with van der Waals surface area (Å²) in [7, 11) is 0. The largest absolute Gasteiger partial charge is 0.373 e. The second kappa shape index (κ2) is 7.80. The highest BCUT2D eigenvalue weighted by Gasteiger charge is 2.03. The van der Waals surface area contributed by atoms with Gasteiger partial charge in [-0.05, 0) is 18.9 Å². The molecule has 0 aliphatic carbocycles. The van der Waals surface area contributed by atoms with Crippen LogP contribution in [0.4, 0.5) is 0 Å². The minimum atomic E-state index is 0.111. The van der Waals surface area contributed by atoms with Crippen molar-refractivity contribution in [1.82, 2.24) is 0 Å². The first kappa shape index (κ1) is 13.7. The quantitative estimate of drug-likeness (QED) is 0.532. The smallest absolute Gasteiger partial charge is 0.132 e. The van der Waals surface area contributed by atoms with Crippen molar-refractivity contribution in [3.8, 4) is 0 Å². The summed E-state index contributed by atoms with van der Waals surface area (Å²) < 4.78 is 5.49. The lowest BCUT2D eigenvalue weighted by molar-refractivity contribution is -0.120. The highest BCUT2D eigenvalue weighted by molar-refractivity contribution is 5.77. The molecule has 0 N–H and O–H groups in total. The predicted molar refractivity (Wildman–Crippen MR) is 69.7 cm³/mol. The third-order valence-electron chi connectivity index (χ3n) is 2.68. The van der Waals surface area contributed by atoms with Gasteiger partial charge in [0.25, 0.3) is 0 Å². The van der Waals surface area contributed by atoms with Gasteiger partial charge in [-0.3, -0.25) is 4.79 Å². The van der Waals surface area contributed by atoms with Gasteiger partial charge in [0.1, 0.15) is 5.78 Å². The Kier molecular flexibility index (Phi) is 6.26. The molecule has 0 spiro atoms. The summed E-state index contributed by atoms with van der Waals surface area (Å²) in [5.74, 6) is 0.347. The number of ether oxygens (including phenoxy) is 1. The van der Waals surface area contributed by atoms with Crippen LogP contribution in [0.25, 0.3) is 0 Å². The van der Waals surface area contributed by atoms with Crippen molar-refractivity contribution < 1.29 is 9.53 Å². The molecule has 2 heteroatoms. The molecule has 0 aromatic heterocycles. The molecule has 1 atom stereocenters. The van der Waals surface area contributed by atoms with Gasteiger partial charge < -0.3 is 4.74 Å². The van der Waals surface area contributed by atoms with E-state index in [1.54, 1.807) is 6.92 Å². The first-order valence-electron chi connectivity index (χ1n) is 5.97. The molecule has 0 aliphatic heterocycles. The Morgan fingerprint density at radius 1 is 1.29 bits per heavy atom. The zero-order chi connectivity index (χ0) is 12.5. The van der Waals surface area contributed by atoms with E-state index in [0.29, 0.717) is 13.2 Å². The fraction of sp³-hybridized carbons (Fsp3) is 0.400. The fourth-order valence-electron chi connectivity index (χ4n) is 1.35. The first-order chi connectivity index (χ1) is 8.20. The molecule has 0 heterocycles. The lowest BCUT2D eigenvalue weighted by Crippen LogP contribution is -2.04. The van der Waals surface area contributed by atoms with E-state index in [-0.39, 0.29) is 11.7 Å². The van der Waals surface area contributed by atoms with E-state index in [9.17, 15) is 4.79 Å². The standard InChI is InChI=1S/C15H20O2/c1-13(14(2)16)8-6-7-11-17-12-15-9-4-3-5-10-15/h3-7,9-10,13H,8,11-12H2,1-2H3. The van der Waals surface area contributed by atoms with Crippen LogP contribution in [0.2, 0.25) is 0 Å². The molecule has 92 valence electrons. The Morgan fingerprint density at radius 2 is 2.00 bits per heavy atom. The minimum absolute atomic E-state index is 0.111. The van der Waals surface area contributed by atoms with E-state index in [1.807, 2.05) is 49.4 Å². The van der Waals surface area contributed by atoms with Crippen LogP contribution in [0.15, 0.2) is 42.5 Å². The van der Waals surface area contributed by atoms with Crippen molar-refractivity contribution >= 4 is 5.78 Å². The van der Waals surface area contributed by atoms with Gasteiger partial charge in [-0.15, -0.1) is 0 Å². The molecule has 1 unspecified atom stereocenters. The molecule has 0 aliphatic rings. The molecule has 0 fully saturated rings. The summed E-state index contributed by atoms with van der Waals surface area (Å²) in [4.78, 5) is 11.0. The van der Waals surface area contributed by atoms with Crippen molar-refractivity contribution in [2.75, 3.05) is 6.61 Å². The molecule has 0 amide bonds. The molecule has 17 heavy (non-hydrogen) atoms. The second-order valence-electron chi connectivity index (χ2n) is 4.22. The fourth-order valence-corrected chi connectivity index (χ4v) is 1.35. The molecule has 1 rings (SSSR count). The summed E-state index contributed by atoms with van der Waals surface area (Å²) in [6.07, 6.45) is 4.78. The maximum Gasteiger partial charge on any atom is 0.132 e. The van der Waals surface area contributed by atoms with Crippen LogP contribution in [0, 0.1) is 5.92 Å². The van der Waals surface area contributed by atoms with E-state index in [4.69, 9.17) is 4.74 Å². The van der Waals surface area contributed by atoms with Crippen LogP contribution in [-0.4, -0.2) is 12.4 Å². The van der Waals surface area contributed by atoms with Crippen LogP contribution in [0.3, 0.4) is 0 Å². The first-order valence-corrected chi connectivity index (χ1v) is 5.97. The highest BCUT2D eigenvalue weighted by atomic mass is 16.5. The molecule has 0 saturated carbocycles. The summed E-state index contributed by atoms with van der Waals surface area (Å²) in [6.45, 7) is 4.80. The zero-order valence-corrected chi connectivity index (χ0v) is 10.6. The molecular formula is C15H20O2. The Morgan fingerprint density at radius 3 is 2.65 bits per heavy atom. The summed E-state index contributed by atoms with van der Waals surface area (Å²) >= 11 is 0. The van der Waals surface area contributed by atoms with Crippen molar-refractivity contribution in [2.45, 2.75) is 26.9 Å².